The highest BCUT2D eigenvalue weighted by molar-refractivity contribution is 5.92. The van der Waals surface area contributed by atoms with Crippen molar-refractivity contribution >= 4 is 11.9 Å². The number of hydrogen-bond donors (Lipinski definition) is 1. The number of aromatic nitrogens is 2. The minimum absolute atomic E-state index is 0.0230. The highest BCUT2D eigenvalue weighted by Gasteiger charge is 2.24. The first-order valence-corrected chi connectivity index (χ1v) is 8.10. The van der Waals surface area contributed by atoms with E-state index in [4.69, 9.17) is 9.47 Å². The van der Waals surface area contributed by atoms with Crippen LogP contribution in [0, 0.1) is 5.92 Å². The van der Waals surface area contributed by atoms with Crippen molar-refractivity contribution in [1.29, 1.82) is 0 Å². The van der Waals surface area contributed by atoms with Crippen molar-refractivity contribution in [2.45, 2.75) is 26.9 Å². The number of carbonyl (C=O) groups excluding carboxylic acids is 2. The smallest absolute Gasteiger partial charge is 0.363 e. The van der Waals surface area contributed by atoms with Gasteiger partial charge in [0.25, 0.3) is 5.91 Å². The van der Waals surface area contributed by atoms with E-state index >= 15 is 0 Å². The van der Waals surface area contributed by atoms with Crippen LogP contribution >= 0.6 is 0 Å². The third kappa shape index (κ3) is 4.82. The van der Waals surface area contributed by atoms with E-state index in [2.05, 4.69) is 10.4 Å². The average molecular weight is 345 g/mol. The van der Waals surface area contributed by atoms with Crippen molar-refractivity contribution in [3.05, 3.63) is 42.2 Å². The van der Waals surface area contributed by atoms with Gasteiger partial charge in [0.05, 0.1) is 19.0 Å². The first-order chi connectivity index (χ1) is 11.9. The minimum atomic E-state index is -0.919. The molecule has 1 aromatic carbocycles. The van der Waals surface area contributed by atoms with Gasteiger partial charge in [-0.15, -0.1) is 0 Å². The average Bonchev–Trinajstić information content (AvgIpc) is 3.04. The van der Waals surface area contributed by atoms with Crippen LogP contribution in [0.4, 0.5) is 0 Å². The van der Waals surface area contributed by atoms with Gasteiger partial charge in [-0.25, -0.2) is 9.48 Å². The van der Waals surface area contributed by atoms with Crippen molar-refractivity contribution in [2.24, 2.45) is 5.92 Å². The maximum Gasteiger partial charge on any atom is 0.363 e. The molecule has 0 aliphatic carbocycles. The molecular formula is C18H23N3O4. The monoisotopic (exact) mass is 345 g/mol. The SMILES string of the molecule is COc1cn(-c2ccccc2)nc1C(=O)O[C@H](C)C(=O)NCC(C)C. The lowest BCUT2D eigenvalue weighted by Gasteiger charge is -2.14. The maximum atomic E-state index is 12.4. The van der Waals surface area contributed by atoms with Crippen molar-refractivity contribution in [3.63, 3.8) is 0 Å². The molecule has 2 rings (SSSR count). The normalized spacial score (nSPS) is 11.9. The van der Waals surface area contributed by atoms with Crippen LogP contribution in [0.1, 0.15) is 31.3 Å². The Labute approximate surface area is 146 Å². The van der Waals surface area contributed by atoms with E-state index in [1.807, 2.05) is 44.2 Å². The third-order valence-electron chi connectivity index (χ3n) is 3.45. The maximum absolute atomic E-state index is 12.4. The molecule has 1 atom stereocenters. The number of nitrogens with zero attached hydrogens (tertiary/aromatic N) is 2. The Morgan fingerprint density at radius 3 is 2.48 bits per heavy atom. The van der Waals surface area contributed by atoms with Gasteiger partial charge in [0, 0.05) is 6.54 Å². The largest absolute Gasteiger partial charge is 0.493 e. The predicted octanol–water partition coefficient (Wildman–Crippen LogP) is 2.20. The van der Waals surface area contributed by atoms with Crippen LogP contribution in [-0.4, -0.2) is 41.4 Å². The summed E-state index contributed by atoms with van der Waals surface area (Å²) in [4.78, 5) is 24.3. The molecule has 7 heteroatoms. The van der Waals surface area contributed by atoms with Gasteiger partial charge in [-0.3, -0.25) is 4.79 Å². The van der Waals surface area contributed by atoms with E-state index in [-0.39, 0.29) is 17.4 Å². The van der Waals surface area contributed by atoms with Gasteiger partial charge in [-0.05, 0) is 25.0 Å². The second kappa shape index (κ2) is 8.32. The second-order valence-electron chi connectivity index (χ2n) is 6.01. The molecule has 1 amide bonds. The van der Waals surface area contributed by atoms with E-state index in [0.29, 0.717) is 12.5 Å². The zero-order chi connectivity index (χ0) is 18.4. The molecule has 0 radical (unpaired) electrons. The van der Waals surface area contributed by atoms with Crippen LogP contribution in [-0.2, 0) is 9.53 Å². The summed E-state index contributed by atoms with van der Waals surface area (Å²) in [6.45, 7) is 6.01. The number of benzene rings is 1. The standard InChI is InChI=1S/C18H23N3O4/c1-12(2)10-19-17(22)13(3)25-18(23)16-15(24-4)11-21(20-16)14-8-6-5-7-9-14/h5-9,11-13H,10H2,1-4H3,(H,19,22)/t13-/m1/s1. The molecule has 7 nitrogen and oxygen atoms in total. The number of hydrogen-bond acceptors (Lipinski definition) is 5. The number of methoxy groups -OCH3 is 1. The highest BCUT2D eigenvalue weighted by Crippen LogP contribution is 2.20. The van der Waals surface area contributed by atoms with Crippen molar-refractivity contribution < 1.29 is 19.1 Å². The van der Waals surface area contributed by atoms with E-state index in [9.17, 15) is 9.59 Å². The summed E-state index contributed by atoms with van der Waals surface area (Å²) in [5.74, 6) is -0.459. The molecule has 0 saturated heterocycles. The molecule has 0 spiro atoms. The Bertz CT molecular complexity index is 725. The fraction of sp³-hybridized carbons (Fsp3) is 0.389. The van der Waals surface area contributed by atoms with Crippen LogP contribution in [0.25, 0.3) is 5.69 Å². The van der Waals surface area contributed by atoms with Crippen LogP contribution in [0.5, 0.6) is 5.75 Å². The van der Waals surface area contributed by atoms with Gasteiger partial charge in [-0.2, -0.15) is 5.10 Å². The summed E-state index contributed by atoms with van der Waals surface area (Å²) in [7, 11) is 1.45. The molecule has 0 aliphatic heterocycles. The topological polar surface area (TPSA) is 82.5 Å². The van der Waals surface area contributed by atoms with Crippen LogP contribution < -0.4 is 10.1 Å². The Balaban J connectivity index is 2.11. The summed E-state index contributed by atoms with van der Waals surface area (Å²) in [6, 6.07) is 9.31. The minimum Gasteiger partial charge on any atom is -0.493 e. The summed E-state index contributed by atoms with van der Waals surface area (Å²) in [5.41, 5.74) is 0.803. The van der Waals surface area contributed by atoms with Gasteiger partial charge < -0.3 is 14.8 Å². The lowest BCUT2D eigenvalue weighted by molar-refractivity contribution is -0.129. The number of para-hydroxylation sites is 1. The Hall–Kier alpha value is -2.83. The van der Waals surface area contributed by atoms with E-state index in [0.717, 1.165) is 5.69 Å². The number of ether oxygens (including phenoxy) is 2. The van der Waals surface area contributed by atoms with Gasteiger partial charge >= 0.3 is 5.97 Å². The molecule has 134 valence electrons. The fourth-order valence-corrected chi connectivity index (χ4v) is 2.08. The second-order valence-corrected chi connectivity index (χ2v) is 6.01. The molecule has 0 saturated carbocycles. The van der Waals surface area contributed by atoms with Crippen LogP contribution in [0.15, 0.2) is 36.5 Å². The molecule has 1 heterocycles. The predicted molar refractivity (Wildman–Crippen MR) is 92.8 cm³/mol. The Morgan fingerprint density at radius 1 is 1.20 bits per heavy atom. The highest BCUT2D eigenvalue weighted by atomic mass is 16.6. The van der Waals surface area contributed by atoms with Gasteiger partial charge in [-0.1, -0.05) is 32.0 Å². The first kappa shape index (κ1) is 18.5. The van der Waals surface area contributed by atoms with Crippen molar-refractivity contribution in [3.8, 4) is 11.4 Å². The summed E-state index contributed by atoms with van der Waals surface area (Å²) in [6.07, 6.45) is 0.674. The van der Waals surface area contributed by atoms with Gasteiger partial charge in [0.15, 0.2) is 11.9 Å². The zero-order valence-electron chi connectivity index (χ0n) is 14.9. The summed E-state index contributed by atoms with van der Waals surface area (Å²) >= 11 is 0. The summed E-state index contributed by atoms with van der Waals surface area (Å²) < 4.78 is 11.9. The summed E-state index contributed by atoms with van der Waals surface area (Å²) in [5, 5.41) is 6.95. The zero-order valence-corrected chi connectivity index (χ0v) is 14.9. The van der Waals surface area contributed by atoms with Crippen molar-refractivity contribution in [1.82, 2.24) is 15.1 Å². The van der Waals surface area contributed by atoms with E-state index < -0.39 is 12.1 Å². The third-order valence-corrected chi connectivity index (χ3v) is 3.45. The van der Waals surface area contributed by atoms with E-state index in [1.165, 1.54) is 18.7 Å². The molecule has 0 bridgehead atoms. The quantitative estimate of drug-likeness (QED) is 0.778. The van der Waals surface area contributed by atoms with Gasteiger partial charge in [0.2, 0.25) is 5.69 Å². The first-order valence-electron chi connectivity index (χ1n) is 8.10. The molecule has 2 aromatic rings. The molecule has 1 aromatic heterocycles. The molecular weight excluding hydrogens is 322 g/mol. The van der Waals surface area contributed by atoms with E-state index in [1.54, 1.807) is 6.20 Å². The molecule has 0 unspecified atom stereocenters. The fourth-order valence-electron chi connectivity index (χ4n) is 2.08. The molecule has 0 fully saturated rings. The Morgan fingerprint density at radius 2 is 1.88 bits per heavy atom. The van der Waals surface area contributed by atoms with Crippen LogP contribution in [0.3, 0.4) is 0 Å². The number of amides is 1. The molecule has 25 heavy (non-hydrogen) atoms. The lowest BCUT2D eigenvalue weighted by Crippen LogP contribution is -2.37. The lowest BCUT2D eigenvalue weighted by atomic mass is 10.2. The van der Waals surface area contributed by atoms with Crippen molar-refractivity contribution in [2.75, 3.05) is 13.7 Å². The number of rotatable bonds is 7. The molecule has 1 N–H and O–H groups in total. The number of nitrogens with one attached hydrogen (secondary N) is 1. The number of carbonyl (C=O) groups is 2. The number of esters is 1. The Kier molecular flexibility index (Phi) is 6.16. The van der Waals surface area contributed by atoms with Crippen LogP contribution in [0.2, 0.25) is 0 Å². The molecule has 0 aliphatic rings. The van der Waals surface area contributed by atoms with Gasteiger partial charge in [0.1, 0.15) is 0 Å².